The molecule has 1 amide bonds. The molecule has 158 valence electrons. The van der Waals surface area contributed by atoms with Crippen LogP contribution in [-0.4, -0.2) is 24.4 Å². The minimum atomic E-state index is -4.96. The van der Waals surface area contributed by atoms with Crippen molar-refractivity contribution >= 4 is 17.7 Å². The molecule has 1 aromatic carbocycles. The van der Waals surface area contributed by atoms with Crippen LogP contribution in [0.25, 0.3) is 0 Å². The van der Waals surface area contributed by atoms with Crippen molar-refractivity contribution in [3.8, 4) is 0 Å². The van der Waals surface area contributed by atoms with E-state index in [2.05, 4.69) is 0 Å². The highest BCUT2D eigenvalue weighted by atomic mass is 32.2. The van der Waals surface area contributed by atoms with Crippen LogP contribution in [0.3, 0.4) is 0 Å². The molecular weight excluding hydrogens is 404 g/mol. The Morgan fingerprint density at radius 2 is 1.71 bits per heavy atom. The van der Waals surface area contributed by atoms with Crippen LogP contribution < -0.4 is 5.32 Å². The van der Waals surface area contributed by atoms with E-state index in [0.29, 0.717) is 16.4 Å². The number of nitrogens with one attached hydrogen (secondary N) is 1. The van der Waals surface area contributed by atoms with Gasteiger partial charge in [0.25, 0.3) is 0 Å². The molecule has 2 nitrogen and oxygen atoms in total. The van der Waals surface area contributed by atoms with Crippen LogP contribution in [0.1, 0.15) is 49.7 Å². The van der Waals surface area contributed by atoms with Crippen molar-refractivity contribution in [2.75, 3.05) is 12.3 Å². The number of hydrogen-bond donors (Lipinski definition) is 1. The summed E-state index contributed by atoms with van der Waals surface area (Å²) < 4.78 is 75.9. The van der Waals surface area contributed by atoms with Crippen molar-refractivity contribution < 1.29 is 31.1 Å². The fourth-order valence-electron chi connectivity index (χ4n) is 3.21. The fourth-order valence-corrected chi connectivity index (χ4v) is 4.42. The fraction of sp³-hybridized carbons (Fsp3) is 0.632. The van der Waals surface area contributed by atoms with E-state index in [4.69, 9.17) is 0 Å². The summed E-state index contributed by atoms with van der Waals surface area (Å²) in [5.41, 5.74) is -0.349. The van der Waals surface area contributed by atoms with Crippen LogP contribution in [0.2, 0.25) is 0 Å². The third kappa shape index (κ3) is 7.56. The van der Waals surface area contributed by atoms with Gasteiger partial charge in [-0.2, -0.15) is 26.3 Å². The van der Waals surface area contributed by atoms with E-state index >= 15 is 0 Å². The lowest BCUT2D eigenvalue weighted by atomic mass is 9.91. The predicted octanol–water partition coefficient (Wildman–Crippen LogP) is 5.99. The molecule has 0 bridgehead atoms. The molecule has 28 heavy (non-hydrogen) atoms. The number of hydrogen-bond acceptors (Lipinski definition) is 2. The zero-order valence-electron chi connectivity index (χ0n) is 15.3. The highest BCUT2D eigenvalue weighted by Crippen LogP contribution is 2.35. The van der Waals surface area contributed by atoms with Crippen molar-refractivity contribution in [1.82, 2.24) is 5.32 Å². The Balaban J connectivity index is 1.96. The maximum Gasteiger partial charge on any atom is 0.471 e. The van der Waals surface area contributed by atoms with Crippen LogP contribution in [-0.2, 0) is 17.4 Å². The van der Waals surface area contributed by atoms with Gasteiger partial charge in [0.15, 0.2) is 0 Å². The Labute approximate surface area is 164 Å². The van der Waals surface area contributed by atoms with E-state index in [1.807, 2.05) is 0 Å². The second kappa shape index (κ2) is 9.89. The molecule has 1 aliphatic rings. The normalized spacial score (nSPS) is 16.2. The SMILES string of the molecule is O=C(NCCCc1cc(SCC2CCCCC2)cc(C(F)(F)F)c1)C(F)(F)F. The van der Waals surface area contributed by atoms with Crippen molar-refractivity contribution in [3.63, 3.8) is 0 Å². The first-order valence-corrected chi connectivity index (χ1v) is 10.2. The smallest absolute Gasteiger partial charge is 0.348 e. The number of amides is 1. The molecule has 0 unspecified atom stereocenters. The number of thioether (sulfide) groups is 1. The zero-order valence-corrected chi connectivity index (χ0v) is 16.1. The first-order valence-electron chi connectivity index (χ1n) is 9.24. The van der Waals surface area contributed by atoms with Crippen LogP contribution in [0.15, 0.2) is 23.1 Å². The van der Waals surface area contributed by atoms with Gasteiger partial charge in [-0.05, 0) is 55.4 Å². The van der Waals surface area contributed by atoms with Gasteiger partial charge in [0.05, 0.1) is 5.56 Å². The molecule has 0 saturated heterocycles. The number of halogens is 6. The summed E-state index contributed by atoms with van der Waals surface area (Å²) in [6, 6.07) is 3.81. The molecule has 1 N–H and O–H groups in total. The first-order chi connectivity index (χ1) is 13.1. The molecule has 0 radical (unpaired) electrons. The van der Waals surface area contributed by atoms with Crippen LogP contribution in [0.5, 0.6) is 0 Å². The summed E-state index contributed by atoms with van der Waals surface area (Å²) >= 11 is 1.40. The molecule has 0 aromatic heterocycles. The average Bonchev–Trinajstić information content (AvgIpc) is 2.62. The standard InChI is InChI=1S/C19H23F6NOS/c20-18(21,22)15-9-14(7-4-8-26-17(27)19(23,24)25)10-16(11-15)28-12-13-5-2-1-3-6-13/h9-11,13H,1-8,12H2,(H,26,27). The van der Waals surface area contributed by atoms with Crippen molar-refractivity contribution in [2.24, 2.45) is 5.92 Å². The Morgan fingerprint density at radius 3 is 2.32 bits per heavy atom. The summed E-state index contributed by atoms with van der Waals surface area (Å²) in [6.07, 6.45) is -3.46. The van der Waals surface area contributed by atoms with Gasteiger partial charge < -0.3 is 5.32 Å². The lowest BCUT2D eigenvalue weighted by Crippen LogP contribution is -2.37. The summed E-state index contributed by atoms with van der Waals surface area (Å²) in [4.78, 5) is 11.3. The zero-order chi connectivity index (χ0) is 20.8. The molecule has 2 rings (SSSR count). The van der Waals surface area contributed by atoms with E-state index in [1.165, 1.54) is 18.2 Å². The Bertz CT molecular complexity index is 653. The molecule has 1 aromatic rings. The van der Waals surface area contributed by atoms with Crippen LogP contribution in [0, 0.1) is 5.92 Å². The van der Waals surface area contributed by atoms with Crippen molar-refractivity contribution in [1.29, 1.82) is 0 Å². The third-order valence-corrected chi connectivity index (χ3v) is 5.90. The lowest BCUT2D eigenvalue weighted by molar-refractivity contribution is -0.173. The van der Waals surface area contributed by atoms with E-state index in [1.54, 1.807) is 11.4 Å². The van der Waals surface area contributed by atoms with Crippen molar-refractivity contribution in [3.05, 3.63) is 29.3 Å². The maximum atomic E-state index is 13.2. The molecular formula is C19H23F6NOS. The first kappa shape index (κ1) is 22.9. The minimum Gasteiger partial charge on any atom is -0.348 e. The number of benzene rings is 1. The van der Waals surface area contributed by atoms with Gasteiger partial charge in [-0.3, -0.25) is 4.79 Å². The molecule has 1 saturated carbocycles. The Hall–Kier alpha value is -1.38. The van der Waals surface area contributed by atoms with Gasteiger partial charge in [0.2, 0.25) is 0 Å². The molecule has 0 spiro atoms. The van der Waals surface area contributed by atoms with E-state index in [9.17, 15) is 31.1 Å². The maximum absolute atomic E-state index is 13.2. The number of rotatable bonds is 7. The van der Waals surface area contributed by atoms with Gasteiger partial charge in [-0.1, -0.05) is 19.3 Å². The summed E-state index contributed by atoms with van der Waals surface area (Å²) in [5, 5.41) is 1.73. The molecule has 1 aliphatic carbocycles. The number of carbonyl (C=O) groups excluding carboxylic acids is 1. The summed E-state index contributed by atoms with van der Waals surface area (Å²) in [5.74, 6) is -0.767. The molecule has 0 atom stereocenters. The molecule has 0 aliphatic heterocycles. The topological polar surface area (TPSA) is 29.1 Å². The monoisotopic (exact) mass is 427 g/mol. The number of carbonyl (C=O) groups is 1. The number of alkyl halides is 6. The highest BCUT2D eigenvalue weighted by Gasteiger charge is 2.38. The van der Waals surface area contributed by atoms with Crippen LogP contribution in [0.4, 0.5) is 26.3 Å². The van der Waals surface area contributed by atoms with E-state index < -0.39 is 23.8 Å². The summed E-state index contributed by atoms with van der Waals surface area (Å²) in [6.45, 7) is -0.251. The van der Waals surface area contributed by atoms with Gasteiger partial charge in [-0.15, -0.1) is 11.8 Å². The van der Waals surface area contributed by atoms with Crippen LogP contribution >= 0.6 is 11.8 Å². The quantitative estimate of drug-likeness (QED) is 0.329. The highest BCUT2D eigenvalue weighted by molar-refractivity contribution is 7.99. The lowest BCUT2D eigenvalue weighted by Gasteiger charge is -2.21. The summed E-state index contributed by atoms with van der Waals surface area (Å²) in [7, 11) is 0. The van der Waals surface area contributed by atoms with Gasteiger partial charge in [0.1, 0.15) is 0 Å². The second-order valence-electron chi connectivity index (χ2n) is 7.04. The molecule has 0 heterocycles. The second-order valence-corrected chi connectivity index (χ2v) is 8.13. The molecule has 1 fully saturated rings. The predicted molar refractivity (Wildman–Crippen MR) is 96.1 cm³/mol. The van der Waals surface area contributed by atoms with Gasteiger partial charge >= 0.3 is 18.3 Å². The molecule has 9 heteroatoms. The largest absolute Gasteiger partial charge is 0.471 e. The average molecular weight is 427 g/mol. The van der Waals surface area contributed by atoms with E-state index in [0.717, 1.165) is 43.6 Å². The van der Waals surface area contributed by atoms with Crippen molar-refractivity contribution in [2.45, 2.75) is 62.2 Å². The number of aryl methyl sites for hydroxylation is 1. The Kier molecular flexibility index (Phi) is 8.09. The minimum absolute atomic E-state index is 0.121. The van der Waals surface area contributed by atoms with Gasteiger partial charge in [0, 0.05) is 17.2 Å². The van der Waals surface area contributed by atoms with Gasteiger partial charge in [-0.25, -0.2) is 0 Å². The third-order valence-electron chi connectivity index (χ3n) is 4.69. The Morgan fingerprint density at radius 1 is 1.04 bits per heavy atom. The van der Waals surface area contributed by atoms with E-state index in [-0.39, 0.29) is 19.4 Å².